The maximum absolute atomic E-state index is 12.4. The minimum absolute atomic E-state index is 0.0707. The number of carbonyl (C=O) groups is 2. The fraction of sp³-hybridized carbons (Fsp3) is 0.867. The van der Waals surface area contributed by atoms with Gasteiger partial charge in [0.15, 0.2) is 0 Å². The number of nitrogens with zero attached hydrogens (tertiary/aromatic N) is 1. The van der Waals surface area contributed by atoms with Gasteiger partial charge in [-0.15, -0.1) is 0 Å². The number of likely N-dealkylation sites (tertiary alicyclic amines) is 1. The van der Waals surface area contributed by atoms with E-state index >= 15 is 0 Å². The smallest absolute Gasteiger partial charge is 0.226 e. The Hall–Kier alpha value is -1.10. The molecule has 1 N–H and O–H groups in total. The van der Waals surface area contributed by atoms with Crippen LogP contribution in [0.15, 0.2) is 0 Å². The third-order valence-electron chi connectivity index (χ3n) is 5.01. The van der Waals surface area contributed by atoms with Gasteiger partial charge in [-0.05, 0) is 38.5 Å². The summed E-state index contributed by atoms with van der Waals surface area (Å²) in [4.78, 5) is 26.7. The van der Waals surface area contributed by atoms with E-state index in [4.69, 9.17) is 4.74 Å². The van der Waals surface area contributed by atoms with E-state index in [0.717, 1.165) is 45.1 Å². The van der Waals surface area contributed by atoms with Crippen LogP contribution in [0.3, 0.4) is 0 Å². The molecule has 4 rings (SSSR count). The lowest BCUT2D eigenvalue weighted by Gasteiger charge is -2.40. The highest BCUT2D eigenvalue weighted by Gasteiger charge is 2.47. The van der Waals surface area contributed by atoms with Gasteiger partial charge >= 0.3 is 0 Å². The molecule has 5 nitrogen and oxygen atoms in total. The van der Waals surface area contributed by atoms with Crippen molar-refractivity contribution >= 4 is 11.8 Å². The summed E-state index contributed by atoms with van der Waals surface area (Å²) in [7, 11) is 0. The molecule has 2 saturated heterocycles. The number of hydrogen-bond donors (Lipinski definition) is 1. The molecule has 0 aromatic heterocycles. The van der Waals surface area contributed by atoms with E-state index in [9.17, 15) is 9.59 Å². The molecule has 110 valence electrons. The van der Waals surface area contributed by atoms with Crippen LogP contribution in [0, 0.1) is 11.8 Å². The minimum Gasteiger partial charge on any atom is -0.376 e. The van der Waals surface area contributed by atoms with Gasteiger partial charge in [0.1, 0.15) is 0 Å². The lowest BCUT2D eigenvalue weighted by Crippen LogP contribution is -2.55. The molecule has 0 unspecified atom stereocenters. The standard InChI is InChI=1S/C15H22N2O3/c18-14(16-11-3-4-11)10-7-13-12(5-6-20-13)17(8-10)15(19)9-1-2-9/h9-13H,1-8H2,(H,16,18)/t10-,12+,13+/m0/s1. The average Bonchev–Trinajstić information content (AvgIpc) is 3.36. The lowest BCUT2D eigenvalue weighted by atomic mass is 9.89. The molecule has 5 heteroatoms. The summed E-state index contributed by atoms with van der Waals surface area (Å²) in [5, 5.41) is 3.08. The molecule has 2 aliphatic heterocycles. The Morgan fingerprint density at radius 1 is 1.05 bits per heavy atom. The highest BCUT2D eigenvalue weighted by Crippen LogP contribution is 2.37. The van der Waals surface area contributed by atoms with Gasteiger partial charge in [-0.3, -0.25) is 9.59 Å². The minimum atomic E-state index is -0.0855. The predicted molar refractivity (Wildman–Crippen MR) is 71.9 cm³/mol. The van der Waals surface area contributed by atoms with Gasteiger partial charge in [0.25, 0.3) is 0 Å². The Kier molecular flexibility index (Phi) is 2.98. The van der Waals surface area contributed by atoms with Gasteiger partial charge in [-0.25, -0.2) is 0 Å². The van der Waals surface area contributed by atoms with Gasteiger partial charge in [-0.1, -0.05) is 0 Å². The number of nitrogens with one attached hydrogen (secondary N) is 1. The van der Waals surface area contributed by atoms with Crippen molar-refractivity contribution in [1.82, 2.24) is 10.2 Å². The second-order valence-corrected chi connectivity index (χ2v) is 6.75. The van der Waals surface area contributed by atoms with Crippen molar-refractivity contribution in [1.29, 1.82) is 0 Å². The van der Waals surface area contributed by atoms with E-state index in [1.54, 1.807) is 0 Å². The maximum Gasteiger partial charge on any atom is 0.226 e. The van der Waals surface area contributed by atoms with Crippen LogP contribution in [0.1, 0.15) is 38.5 Å². The van der Waals surface area contributed by atoms with Crippen molar-refractivity contribution in [3.63, 3.8) is 0 Å². The summed E-state index contributed by atoms with van der Waals surface area (Å²) in [6.07, 6.45) is 6.02. The molecule has 0 bridgehead atoms. The summed E-state index contributed by atoms with van der Waals surface area (Å²) >= 11 is 0. The molecule has 4 fully saturated rings. The summed E-state index contributed by atoms with van der Waals surface area (Å²) in [5.74, 6) is 0.517. The summed E-state index contributed by atoms with van der Waals surface area (Å²) in [6, 6.07) is 0.602. The number of ether oxygens (including phenoxy) is 1. The van der Waals surface area contributed by atoms with E-state index in [-0.39, 0.29) is 35.8 Å². The first-order valence-electron chi connectivity index (χ1n) is 7.95. The van der Waals surface area contributed by atoms with Crippen LogP contribution in [-0.4, -0.2) is 48.1 Å². The van der Waals surface area contributed by atoms with Crippen LogP contribution < -0.4 is 5.32 Å². The van der Waals surface area contributed by atoms with Crippen LogP contribution in [-0.2, 0) is 14.3 Å². The van der Waals surface area contributed by atoms with Crippen LogP contribution in [0.2, 0.25) is 0 Å². The number of carbonyl (C=O) groups excluding carboxylic acids is 2. The molecule has 20 heavy (non-hydrogen) atoms. The van der Waals surface area contributed by atoms with Crippen molar-refractivity contribution in [3.05, 3.63) is 0 Å². The zero-order valence-electron chi connectivity index (χ0n) is 11.7. The first kappa shape index (κ1) is 12.6. The van der Waals surface area contributed by atoms with Crippen LogP contribution >= 0.6 is 0 Å². The summed E-state index contributed by atoms with van der Waals surface area (Å²) < 4.78 is 5.76. The normalized spacial score (nSPS) is 36.6. The van der Waals surface area contributed by atoms with E-state index in [0.29, 0.717) is 12.6 Å². The van der Waals surface area contributed by atoms with Gasteiger partial charge in [0, 0.05) is 25.1 Å². The van der Waals surface area contributed by atoms with Crippen LogP contribution in [0.25, 0.3) is 0 Å². The molecular formula is C15H22N2O3. The fourth-order valence-corrected chi connectivity index (χ4v) is 3.50. The molecular weight excluding hydrogens is 256 g/mol. The molecule has 0 aromatic carbocycles. The van der Waals surface area contributed by atoms with Crippen LogP contribution in [0.5, 0.6) is 0 Å². The van der Waals surface area contributed by atoms with Crippen molar-refractivity contribution in [2.45, 2.75) is 56.7 Å². The summed E-state index contributed by atoms with van der Waals surface area (Å²) in [6.45, 7) is 1.32. The van der Waals surface area contributed by atoms with E-state index in [1.807, 2.05) is 4.90 Å². The van der Waals surface area contributed by atoms with E-state index < -0.39 is 0 Å². The number of fused-ring (bicyclic) bond motifs is 1. The highest BCUT2D eigenvalue weighted by atomic mass is 16.5. The molecule has 0 radical (unpaired) electrons. The molecule has 3 atom stereocenters. The lowest BCUT2D eigenvalue weighted by molar-refractivity contribution is -0.143. The summed E-state index contributed by atoms with van der Waals surface area (Å²) in [5.41, 5.74) is 0. The van der Waals surface area contributed by atoms with Crippen molar-refractivity contribution in [3.8, 4) is 0 Å². The van der Waals surface area contributed by atoms with E-state index in [1.165, 1.54) is 0 Å². The average molecular weight is 278 g/mol. The Morgan fingerprint density at radius 2 is 1.85 bits per heavy atom. The molecule has 0 aromatic rings. The van der Waals surface area contributed by atoms with Gasteiger partial charge in [0.05, 0.1) is 18.1 Å². The first-order chi connectivity index (χ1) is 9.72. The van der Waals surface area contributed by atoms with Crippen molar-refractivity contribution in [2.24, 2.45) is 11.8 Å². The largest absolute Gasteiger partial charge is 0.376 e. The Labute approximate surface area is 119 Å². The highest BCUT2D eigenvalue weighted by molar-refractivity contribution is 5.84. The Balaban J connectivity index is 1.47. The quantitative estimate of drug-likeness (QED) is 0.826. The molecule has 2 aliphatic carbocycles. The zero-order chi connectivity index (χ0) is 13.7. The Bertz CT molecular complexity index is 431. The van der Waals surface area contributed by atoms with Crippen LogP contribution in [0.4, 0.5) is 0 Å². The Morgan fingerprint density at radius 3 is 2.55 bits per heavy atom. The zero-order valence-corrected chi connectivity index (χ0v) is 11.7. The van der Waals surface area contributed by atoms with Crippen molar-refractivity contribution < 1.29 is 14.3 Å². The van der Waals surface area contributed by atoms with Gasteiger partial charge < -0.3 is 15.0 Å². The third kappa shape index (κ3) is 2.32. The molecule has 2 amide bonds. The number of rotatable bonds is 3. The van der Waals surface area contributed by atoms with E-state index in [2.05, 4.69) is 5.32 Å². The SMILES string of the molecule is O=C(NC1CC1)[C@H]1C[C@H]2OCC[C@H]2N(C(=O)C2CC2)C1. The molecule has 0 spiro atoms. The molecule has 2 saturated carbocycles. The second-order valence-electron chi connectivity index (χ2n) is 6.75. The molecule has 2 heterocycles. The first-order valence-corrected chi connectivity index (χ1v) is 7.95. The topological polar surface area (TPSA) is 58.6 Å². The second kappa shape index (κ2) is 4.72. The fourth-order valence-electron chi connectivity index (χ4n) is 3.50. The number of piperidine rings is 1. The van der Waals surface area contributed by atoms with Gasteiger partial charge in [-0.2, -0.15) is 0 Å². The van der Waals surface area contributed by atoms with Crippen molar-refractivity contribution in [2.75, 3.05) is 13.2 Å². The van der Waals surface area contributed by atoms with Gasteiger partial charge in [0.2, 0.25) is 11.8 Å². The predicted octanol–water partition coefficient (Wildman–Crippen LogP) is 0.681. The maximum atomic E-state index is 12.4. The molecule has 4 aliphatic rings. The third-order valence-corrected chi connectivity index (χ3v) is 5.01. The number of hydrogen-bond acceptors (Lipinski definition) is 3. The number of amides is 2. The monoisotopic (exact) mass is 278 g/mol.